The highest BCUT2D eigenvalue weighted by Gasteiger charge is 2.27. The van der Waals surface area contributed by atoms with Gasteiger partial charge in [-0.2, -0.15) is 8.42 Å². The fourth-order valence-corrected chi connectivity index (χ4v) is 7.13. The minimum atomic E-state index is -4.43. The van der Waals surface area contributed by atoms with Crippen molar-refractivity contribution in [2.45, 2.75) is 231 Å². The van der Waals surface area contributed by atoms with Crippen LogP contribution in [0.1, 0.15) is 213 Å². The number of carbonyl (C=O) groups excluding carboxylic acids is 1. The van der Waals surface area contributed by atoms with E-state index in [2.05, 4.69) is 19.2 Å². The van der Waals surface area contributed by atoms with Crippen LogP contribution in [-0.2, 0) is 14.9 Å². The molecule has 0 saturated heterocycles. The molecule has 8 heteroatoms. The first-order valence-corrected chi connectivity index (χ1v) is 22.1. The first-order valence-electron chi connectivity index (χ1n) is 20.5. The van der Waals surface area contributed by atoms with Crippen molar-refractivity contribution in [3.8, 4) is 0 Å². The monoisotopic (exact) mass is 702 g/mol. The zero-order valence-corrected chi connectivity index (χ0v) is 32.3. The minimum absolute atomic E-state index is 0.284. The number of allylic oxidation sites excluding steroid dienone is 1. The van der Waals surface area contributed by atoms with Gasteiger partial charge < -0.3 is 15.5 Å². The van der Waals surface area contributed by atoms with Crippen LogP contribution in [0.15, 0.2) is 12.2 Å². The third-order valence-electron chi connectivity index (χ3n) is 9.57. The highest BCUT2D eigenvalue weighted by atomic mass is 32.2. The molecule has 0 rings (SSSR count). The summed E-state index contributed by atoms with van der Waals surface area (Å²) in [7, 11) is -4.43. The smallest absolute Gasteiger partial charge is 0.267 e. The van der Waals surface area contributed by atoms with Crippen LogP contribution in [0.5, 0.6) is 0 Å². The summed E-state index contributed by atoms with van der Waals surface area (Å²) in [4.78, 5) is 12.5. The van der Waals surface area contributed by atoms with E-state index in [1.54, 1.807) is 0 Å². The van der Waals surface area contributed by atoms with Crippen LogP contribution in [0, 0.1) is 0 Å². The number of aliphatic hydroxyl groups excluding tert-OH is 2. The average Bonchev–Trinajstić information content (AvgIpc) is 3.05. The van der Waals surface area contributed by atoms with Crippen LogP contribution in [0.3, 0.4) is 0 Å². The Morgan fingerprint density at radius 2 is 0.896 bits per heavy atom. The summed E-state index contributed by atoms with van der Waals surface area (Å²) in [6.45, 7) is 4.49. The maximum atomic E-state index is 12.5. The largest absolute Gasteiger partial charge is 0.387 e. The Morgan fingerprint density at radius 1 is 0.562 bits per heavy atom. The lowest BCUT2D eigenvalue weighted by molar-refractivity contribution is -0.130. The molecule has 0 aliphatic carbocycles. The summed E-state index contributed by atoms with van der Waals surface area (Å²) >= 11 is 0. The van der Waals surface area contributed by atoms with E-state index in [0.29, 0.717) is 6.42 Å². The molecule has 0 heterocycles. The molecule has 0 aliphatic rings. The Labute approximate surface area is 297 Å². The molecule has 1 amide bonds. The van der Waals surface area contributed by atoms with Crippen molar-refractivity contribution in [3.63, 3.8) is 0 Å². The second-order valence-corrected chi connectivity index (χ2v) is 15.9. The molecule has 0 saturated carbocycles. The van der Waals surface area contributed by atoms with Gasteiger partial charge in [-0.1, -0.05) is 206 Å². The van der Waals surface area contributed by atoms with Crippen molar-refractivity contribution < 1.29 is 28.0 Å². The van der Waals surface area contributed by atoms with E-state index in [0.717, 1.165) is 38.5 Å². The van der Waals surface area contributed by atoms with Gasteiger partial charge in [-0.3, -0.25) is 9.35 Å². The van der Waals surface area contributed by atoms with Gasteiger partial charge in [0.15, 0.2) is 0 Å². The number of unbranched alkanes of at least 4 members (excludes halogenated alkanes) is 28. The topological polar surface area (TPSA) is 124 Å². The summed E-state index contributed by atoms with van der Waals surface area (Å²) in [6, 6.07) is -1.23. The highest BCUT2D eigenvalue weighted by Crippen LogP contribution is 2.16. The van der Waals surface area contributed by atoms with E-state index in [1.807, 2.05) is 6.08 Å². The van der Waals surface area contributed by atoms with Crippen LogP contribution in [0.25, 0.3) is 0 Å². The van der Waals surface area contributed by atoms with Gasteiger partial charge in [0.2, 0.25) is 5.91 Å². The highest BCUT2D eigenvalue weighted by molar-refractivity contribution is 7.85. The summed E-state index contributed by atoms with van der Waals surface area (Å²) < 4.78 is 32.4. The van der Waals surface area contributed by atoms with Gasteiger partial charge in [0, 0.05) is 0 Å². The molecule has 3 unspecified atom stereocenters. The molecule has 0 fully saturated rings. The molecule has 48 heavy (non-hydrogen) atoms. The zero-order chi connectivity index (χ0) is 35.6. The minimum Gasteiger partial charge on any atom is -0.387 e. The fourth-order valence-electron chi connectivity index (χ4n) is 6.40. The Balaban J connectivity index is 3.96. The predicted molar refractivity (Wildman–Crippen MR) is 204 cm³/mol. The van der Waals surface area contributed by atoms with Gasteiger partial charge in [0.25, 0.3) is 10.1 Å². The molecule has 0 aromatic carbocycles. The molecule has 0 bridgehead atoms. The summed E-state index contributed by atoms with van der Waals surface area (Å²) in [6.07, 6.45) is 38.5. The lowest BCUT2D eigenvalue weighted by atomic mass is 10.0. The standard InChI is InChI=1S/C40H79NO6S/c1-3-5-7-9-11-13-15-16-17-18-19-20-21-22-23-24-25-27-28-30-32-34-38(42)37(36-48(45,46)47)41-40(44)39(43)35-33-31-29-26-14-12-10-8-6-4-2/h32,34,37-39,42-43H,3-31,33,35-36H2,1-2H3,(H,41,44)(H,45,46,47)/b34-32+. The van der Waals surface area contributed by atoms with Crippen molar-refractivity contribution >= 4 is 16.0 Å². The molecule has 286 valence electrons. The van der Waals surface area contributed by atoms with E-state index < -0.39 is 40.0 Å². The summed E-state index contributed by atoms with van der Waals surface area (Å²) in [5, 5.41) is 23.3. The number of rotatable bonds is 37. The molecule has 0 aliphatic heterocycles. The van der Waals surface area contributed by atoms with Crippen LogP contribution >= 0.6 is 0 Å². The van der Waals surface area contributed by atoms with Gasteiger partial charge in [-0.15, -0.1) is 0 Å². The number of carbonyl (C=O) groups is 1. The Bertz CT molecular complexity index is 834. The number of amides is 1. The van der Waals surface area contributed by atoms with Crippen LogP contribution in [-0.4, -0.2) is 53.1 Å². The molecular formula is C40H79NO6S. The van der Waals surface area contributed by atoms with Crippen molar-refractivity contribution in [2.24, 2.45) is 0 Å². The summed E-state index contributed by atoms with van der Waals surface area (Å²) in [5.41, 5.74) is 0. The van der Waals surface area contributed by atoms with Crippen molar-refractivity contribution in [1.29, 1.82) is 0 Å². The second-order valence-electron chi connectivity index (χ2n) is 14.4. The van der Waals surface area contributed by atoms with Crippen molar-refractivity contribution in [3.05, 3.63) is 12.2 Å². The molecule has 0 spiro atoms. The van der Waals surface area contributed by atoms with Crippen LogP contribution < -0.4 is 5.32 Å². The molecule has 4 N–H and O–H groups in total. The van der Waals surface area contributed by atoms with Gasteiger partial charge in [0.1, 0.15) is 6.10 Å². The number of hydrogen-bond donors (Lipinski definition) is 4. The molecule has 0 radical (unpaired) electrons. The second kappa shape index (κ2) is 34.5. The van der Waals surface area contributed by atoms with Gasteiger partial charge in [-0.05, 0) is 19.3 Å². The Morgan fingerprint density at radius 3 is 1.25 bits per heavy atom. The van der Waals surface area contributed by atoms with E-state index >= 15 is 0 Å². The average molecular weight is 702 g/mol. The van der Waals surface area contributed by atoms with Crippen molar-refractivity contribution in [2.75, 3.05) is 5.75 Å². The third-order valence-corrected chi connectivity index (χ3v) is 10.4. The number of aliphatic hydroxyl groups is 2. The maximum Gasteiger partial charge on any atom is 0.267 e. The molecular weight excluding hydrogens is 623 g/mol. The predicted octanol–water partition coefficient (Wildman–Crippen LogP) is 10.8. The first-order chi connectivity index (χ1) is 23.2. The third kappa shape index (κ3) is 33.5. The first kappa shape index (κ1) is 47.0. The normalized spacial score (nSPS) is 14.0. The molecule has 0 aromatic heterocycles. The lowest BCUT2D eigenvalue weighted by Crippen LogP contribution is -2.50. The molecule has 0 aromatic rings. The van der Waals surface area contributed by atoms with E-state index in [-0.39, 0.29) is 6.42 Å². The van der Waals surface area contributed by atoms with E-state index in [1.165, 1.54) is 154 Å². The van der Waals surface area contributed by atoms with E-state index in [4.69, 9.17) is 0 Å². The Hall–Kier alpha value is -0.960. The van der Waals surface area contributed by atoms with Crippen LogP contribution in [0.4, 0.5) is 0 Å². The molecule has 7 nitrogen and oxygen atoms in total. The van der Waals surface area contributed by atoms with Gasteiger partial charge in [0.05, 0.1) is 17.9 Å². The Kier molecular flexibility index (Phi) is 33.8. The quantitative estimate of drug-likeness (QED) is 0.0290. The molecule has 3 atom stereocenters. The van der Waals surface area contributed by atoms with Crippen molar-refractivity contribution in [1.82, 2.24) is 5.32 Å². The number of nitrogens with one attached hydrogen (secondary N) is 1. The van der Waals surface area contributed by atoms with Gasteiger partial charge >= 0.3 is 0 Å². The SMILES string of the molecule is CCCCCCCCCCCCCCCCCCCCC/C=C/C(O)C(CS(=O)(=O)O)NC(=O)C(O)CCCCCCCCCCCC. The van der Waals surface area contributed by atoms with Gasteiger partial charge in [-0.25, -0.2) is 0 Å². The zero-order valence-electron chi connectivity index (χ0n) is 31.5. The number of hydrogen-bond acceptors (Lipinski definition) is 5. The fraction of sp³-hybridized carbons (Fsp3) is 0.925. The maximum absolute atomic E-state index is 12.5. The van der Waals surface area contributed by atoms with E-state index in [9.17, 15) is 28.0 Å². The van der Waals surface area contributed by atoms with Crippen LogP contribution in [0.2, 0.25) is 0 Å². The summed E-state index contributed by atoms with van der Waals surface area (Å²) in [5.74, 6) is -1.53. The lowest BCUT2D eigenvalue weighted by Gasteiger charge is -2.22.